The van der Waals surface area contributed by atoms with Crippen molar-refractivity contribution in [3.8, 4) is 0 Å². The molecule has 0 saturated heterocycles. The van der Waals surface area contributed by atoms with Gasteiger partial charge in [0.05, 0.1) is 0 Å². The predicted molar refractivity (Wildman–Crippen MR) is 85.8 cm³/mol. The number of fused-ring (bicyclic) bond motifs is 2. The van der Waals surface area contributed by atoms with Crippen molar-refractivity contribution in [3.05, 3.63) is 81.9 Å². The summed E-state index contributed by atoms with van der Waals surface area (Å²) in [6, 6.07) is 13.4. The minimum Gasteiger partial charge on any atom is -0.0795 e. The Morgan fingerprint density at radius 3 is 2.90 bits per heavy atom. The van der Waals surface area contributed by atoms with Gasteiger partial charge in [-0.1, -0.05) is 60.7 Å². The molecule has 2 aliphatic rings. The maximum Gasteiger partial charge on any atom is 0.00678 e. The van der Waals surface area contributed by atoms with Crippen LogP contribution in [0, 0.1) is 6.92 Å². The van der Waals surface area contributed by atoms with Crippen LogP contribution >= 0.6 is 0 Å². The molecule has 2 aromatic carbocycles. The van der Waals surface area contributed by atoms with Crippen LogP contribution in [0.5, 0.6) is 0 Å². The van der Waals surface area contributed by atoms with E-state index >= 15 is 0 Å². The zero-order valence-electron chi connectivity index (χ0n) is 11.8. The molecule has 0 radical (unpaired) electrons. The Morgan fingerprint density at radius 1 is 1.05 bits per heavy atom. The second-order valence-electron chi connectivity index (χ2n) is 5.84. The molecule has 0 amide bonds. The number of hydrogen-bond donors (Lipinski definition) is 0. The van der Waals surface area contributed by atoms with Crippen LogP contribution < -0.4 is 0 Å². The lowest BCUT2D eigenvalue weighted by Crippen LogP contribution is -2.02. The summed E-state index contributed by atoms with van der Waals surface area (Å²) in [5, 5.41) is 0. The van der Waals surface area contributed by atoms with Crippen molar-refractivity contribution < 1.29 is 0 Å². The number of benzene rings is 2. The lowest BCUT2D eigenvalue weighted by atomic mass is 9.89. The molecule has 0 aromatic heterocycles. The minimum atomic E-state index is 0.534. The number of hydrogen-bond acceptors (Lipinski definition) is 0. The van der Waals surface area contributed by atoms with Gasteiger partial charge in [0.1, 0.15) is 0 Å². The van der Waals surface area contributed by atoms with Crippen LogP contribution in [0.1, 0.15) is 39.3 Å². The molecule has 0 saturated carbocycles. The summed E-state index contributed by atoms with van der Waals surface area (Å²) in [6.07, 6.45) is 11.4. The Hall–Kier alpha value is -2.08. The van der Waals surface area contributed by atoms with Crippen molar-refractivity contribution in [2.24, 2.45) is 0 Å². The van der Waals surface area contributed by atoms with E-state index in [1.807, 2.05) is 0 Å². The summed E-state index contributed by atoms with van der Waals surface area (Å²) in [7, 11) is 0. The molecular weight excluding hydrogens is 240 g/mol. The summed E-state index contributed by atoms with van der Waals surface area (Å²) >= 11 is 0. The molecule has 0 nitrogen and oxygen atoms in total. The van der Waals surface area contributed by atoms with Gasteiger partial charge in [-0.15, -0.1) is 0 Å². The molecule has 0 heteroatoms. The van der Waals surface area contributed by atoms with Crippen LogP contribution in [-0.4, -0.2) is 0 Å². The van der Waals surface area contributed by atoms with Crippen LogP contribution in [-0.2, 0) is 12.8 Å². The van der Waals surface area contributed by atoms with Crippen LogP contribution in [0.4, 0.5) is 0 Å². The van der Waals surface area contributed by atoms with Crippen LogP contribution in [0.15, 0.2) is 48.6 Å². The normalized spacial score (nSPS) is 18.4. The molecule has 0 bridgehead atoms. The molecule has 2 aliphatic carbocycles. The van der Waals surface area contributed by atoms with E-state index in [1.165, 1.54) is 33.4 Å². The summed E-state index contributed by atoms with van der Waals surface area (Å²) in [5.41, 5.74) is 8.78. The van der Waals surface area contributed by atoms with Gasteiger partial charge in [0.2, 0.25) is 0 Å². The Balaban J connectivity index is 1.71. The van der Waals surface area contributed by atoms with Crippen molar-refractivity contribution in [1.82, 2.24) is 0 Å². The summed E-state index contributed by atoms with van der Waals surface area (Å²) in [5.74, 6) is 0.534. The molecule has 1 unspecified atom stereocenters. The van der Waals surface area contributed by atoms with E-state index in [4.69, 9.17) is 0 Å². The third-order valence-electron chi connectivity index (χ3n) is 4.63. The van der Waals surface area contributed by atoms with Gasteiger partial charge in [0.25, 0.3) is 0 Å². The van der Waals surface area contributed by atoms with Crippen molar-refractivity contribution in [2.75, 3.05) is 0 Å². The van der Waals surface area contributed by atoms with E-state index in [0.29, 0.717) is 5.92 Å². The molecule has 2 aromatic rings. The van der Waals surface area contributed by atoms with Crippen LogP contribution in [0.3, 0.4) is 0 Å². The smallest absolute Gasteiger partial charge is 0.00678 e. The first-order valence-electron chi connectivity index (χ1n) is 7.38. The quantitative estimate of drug-likeness (QED) is 0.717. The molecule has 0 spiro atoms. The van der Waals surface area contributed by atoms with E-state index in [-0.39, 0.29) is 0 Å². The first kappa shape index (κ1) is 11.7. The van der Waals surface area contributed by atoms with Gasteiger partial charge in [-0.2, -0.15) is 0 Å². The lowest BCUT2D eigenvalue weighted by molar-refractivity contribution is 0.847. The van der Waals surface area contributed by atoms with E-state index in [1.54, 1.807) is 0 Å². The molecule has 0 heterocycles. The average Bonchev–Trinajstić information content (AvgIpc) is 3.10. The number of allylic oxidation sites excluding steroid dienone is 2. The molecule has 1 atom stereocenters. The third-order valence-corrected chi connectivity index (χ3v) is 4.63. The summed E-state index contributed by atoms with van der Waals surface area (Å²) in [6.45, 7) is 2.22. The van der Waals surface area contributed by atoms with Gasteiger partial charge in [-0.05, 0) is 53.1 Å². The fourth-order valence-corrected chi connectivity index (χ4v) is 3.51. The highest BCUT2D eigenvalue weighted by molar-refractivity contribution is 5.67. The third kappa shape index (κ3) is 1.76. The van der Waals surface area contributed by atoms with E-state index in [0.717, 1.165) is 12.8 Å². The molecule has 0 fully saturated rings. The minimum absolute atomic E-state index is 0.534. The average molecular weight is 258 g/mol. The van der Waals surface area contributed by atoms with E-state index < -0.39 is 0 Å². The Kier molecular flexibility index (Phi) is 2.63. The van der Waals surface area contributed by atoms with Gasteiger partial charge in [0, 0.05) is 5.92 Å². The maximum atomic E-state index is 2.36. The molecule has 0 N–H and O–H groups in total. The van der Waals surface area contributed by atoms with Crippen LogP contribution in [0.2, 0.25) is 0 Å². The van der Waals surface area contributed by atoms with Crippen molar-refractivity contribution >= 4 is 12.2 Å². The highest BCUT2D eigenvalue weighted by atomic mass is 14.2. The zero-order valence-corrected chi connectivity index (χ0v) is 11.8. The molecule has 4 rings (SSSR count). The highest BCUT2D eigenvalue weighted by Crippen LogP contribution is 2.35. The Labute approximate surface area is 120 Å². The van der Waals surface area contributed by atoms with Gasteiger partial charge >= 0.3 is 0 Å². The Bertz CT molecular complexity index is 732. The van der Waals surface area contributed by atoms with Gasteiger partial charge in [-0.25, -0.2) is 0 Å². The first-order valence-corrected chi connectivity index (χ1v) is 7.38. The van der Waals surface area contributed by atoms with E-state index in [9.17, 15) is 0 Å². The van der Waals surface area contributed by atoms with Gasteiger partial charge in [0.15, 0.2) is 0 Å². The lowest BCUT2D eigenvalue weighted by Gasteiger charge is -2.15. The molecular formula is C20H18. The van der Waals surface area contributed by atoms with Crippen LogP contribution in [0.25, 0.3) is 12.2 Å². The SMILES string of the molecule is Cc1ccc(CC2C=Cc3ccccc32)c2c1CC=C2. The largest absolute Gasteiger partial charge is 0.0795 e. The molecule has 0 aliphatic heterocycles. The maximum absolute atomic E-state index is 2.36. The second-order valence-corrected chi connectivity index (χ2v) is 5.84. The van der Waals surface area contributed by atoms with Gasteiger partial charge < -0.3 is 0 Å². The first-order chi connectivity index (χ1) is 9.83. The molecule has 20 heavy (non-hydrogen) atoms. The standard InChI is InChI=1S/C20H18/c1-14-9-10-17(20-8-4-7-18(14)20)13-16-12-11-15-5-2-3-6-19(15)16/h2-6,8-12,16H,7,13H2,1H3. The monoisotopic (exact) mass is 258 g/mol. The molecule has 98 valence electrons. The van der Waals surface area contributed by atoms with Gasteiger partial charge in [-0.3, -0.25) is 0 Å². The van der Waals surface area contributed by atoms with Crippen molar-refractivity contribution in [2.45, 2.75) is 25.7 Å². The number of aryl methyl sites for hydroxylation is 1. The Morgan fingerprint density at radius 2 is 1.95 bits per heavy atom. The number of rotatable bonds is 2. The summed E-state index contributed by atoms with van der Waals surface area (Å²) < 4.78 is 0. The topological polar surface area (TPSA) is 0 Å². The van der Waals surface area contributed by atoms with Crippen molar-refractivity contribution in [1.29, 1.82) is 0 Å². The second kappa shape index (κ2) is 4.49. The fraction of sp³-hybridized carbons (Fsp3) is 0.200. The fourth-order valence-electron chi connectivity index (χ4n) is 3.51. The highest BCUT2D eigenvalue weighted by Gasteiger charge is 2.20. The van der Waals surface area contributed by atoms with E-state index in [2.05, 4.69) is 67.6 Å². The predicted octanol–water partition coefficient (Wildman–Crippen LogP) is 4.92. The summed E-state index contributed by atoms with van der Waals surface area (Å²) in [4.78, 5) is 0. The van der Waals surface area contributed by atoms with Crippen molar-refractivity contribution in [3.63, 3.8) is 0 Å². The zero-order chi connectivity index (χ0) is 13.5.